The summed E-state index contributed by atoms with van der Waals surface area (Å²) in [5.41, 5.74) is 4.15. The highest BCUT2D eigenvalue weighted by Crippen LogP contribution is 2.18. The summed E-state index contributed by atoms with van der Waals surface area (Å²) in [6.07, 6.45) is 3.74. The highest BCUT2D eigenvalue weighted by Gasteiger charge is 2.10. The van der Waals surface area contributed by atoms with Gasteiger partial charge in [-0.2, -0.15) is 15.5 Å². The van der Waals surface area contributed by atoms with Gasteiger partial charge in [0.25, 0.3) is 0 Å². The van der Waals surface area contributed by atoms with E-state index in [0.29, 0.717) is 17.9 Å². The summed E-state index contributed by atoms with van der Waals surface area (Å²) in [4.78, 5) is 0. The third-order valence-electron chi connectivity index (χ3n) is 3.68. The van der Waals surface area contributed by atoms with Gasteiger partial charge in [-0.1, -0.05) is 18.2 Å². The summed E-state index contributed by atoms with van der Waals surface area (Å²) in [6, 6.07) is 12.1. The second-order valence-corrected chi connectivity index (χ2v) is 5.23. The minimum Gasteiger partial charge on any atom is -0.363 e. The lowest BCUT2D eigenvalue weighted by Crippen LogP contribution is -2.07. The van der Waals surface area contributed by atoms with Gasteiger partial charge >= 0.3 is 0 Å². The molecule has 6 heteroatoms. The van der Waals surface area contributed by atoms with E-state index < -0.39 is 0 Å². The summed E-state index contributed by atoms with van der Waals surface area (Å²) in [5, 5.41) is 25.0. The Bertz CT molecular complexity index is 861. The number of hydrogen-bond acceptors (Lipinski definition) is 5. The van der Waals surface area contributed by atoms with Gasteiger partial charge in [0.05, 0.1) is 17.6 Å². The average molecular weight is 304 g/mol. The van der Waals surface area contributed by atoms with Crippen LogP contribution in [0.25, 0.3) is 5.69 Å². The van der Waals surface area contributed by atoms with Crippen molar-refractivity contribution in [3.05, 3.63) is 65.1 Å². The van der Waals surface area contributed by atoms with Gasteiger partial charge in [0.2, 0.25) is 0 Å². The van der Waals surface area contributed by atoms with Gasteiger partial charge in [-0.25, -0.2) is 4.68 Å². The molecule has 3 aromatic rings. The second kappa shape index (κ2) is 6.28. The van der Waals surface area contributed by atoms with Crippen molar-refractivity contribution in [3.63, 3.8) is 0 Å². The van der Waals surface area contributed by atoms with Gasteiger partial charge in [0.15, 0.2) is 5.82 Å². The topological polar surface area (TPSA) is 79.4 Å². The van der Waals surface area contributed by atoms with Crippen molar-refractivity contribution in [2.45, 2.75) is 20.4 Å². The van der Waals surface area contributed by atoms with Crippen molar-refractivity contribution in [2.75, 3.05) is 5.32 Å². The van der Waals surface area contributed by atoms with Crippen LogP contribution in [-0.2, 0) is 6.54 Å². The molecule has 0 saturated heterocycles. The molecule has 1 aromatic carbocycles. The Morgan fingerprint density at radius 2 is 1.96 bits per heavy atom. The Morgan fingerprint density at radius 1 is 1.17 bits per heavy atom. The molecule has 0 amide bonds. The fourth-order valence-electron chi connectivity index (χ4n) is 2.23. The monoisotopic (exact) mass is 304 g/mol. The zero-order chi connectivity index (χ0) is 16.2. The average Bonchev–Trinajstić information content (AvgIpc) is 3.06. The molecule has 1 N–H and O–H groups in total. The van der Waals surface area contributed by atoms with Crippen LogP contribution in [0.5, 0.6) is 0 Å². The van der Waals surface area contributed by atoms with Crippen LogP contribution in [0.2, 0.25) is 0 Å². The van der Waals surface area contributed by atoms with E-state index in [9.17, 15) is 5.26 Å². The van der Waals surface area contributed by atoms with Crippen LogP contribution in [0.1, 0.15) is 22.4 Å². The number of nitrogens with zero attached hydrogens (tertiary/aromatic N) is 5. The Hall–Kier alpha value is -3.20. The smallest absolute Gasteiger partial charge is 0.167 e. The third-order valence-corrected chi connectivity index (χ3v) is 3.68. The summed E-state index contributed by atoms with van der Waals surface area (Å²) in [5.74, 6) is 0.503. The molecule has 0 aliphatic heterocycles. The Morgan fingerprint density at radius 3 is 2.70 bits per heavy atom. The van der Waals surface area contributed by atoms with E-state index in [0.717, 1.165) is 22.5 Å². The number of aromatic nitrogens is 4. The molecule has 0 fully saturated rings. The number of nitriles is 1. The first-order valence-corrected chi connectivity index (χ1v) is 7.26. The molecule has 23 heavy (non-hydrogen) atoms. The van der Waals surface area contributed by atoms with Crippen molar-refractivity contribution in [1.82, 2.24) is 20.0 Å². The maximum absolute atomic E-state index is 9.30. The van der Waals surface area contributed by atoms with Crippen LogP contribution in [0.15, 0.2) is 42.7 Å². The van der Waals surface area contributed by atoms with E-state index in [4.69, 9.17) is 0 Å². The number of aryl methyl sites for hydroxylation is 1. The maximum atomic E-state index is 9.30. The fraction of sp³-hybridized carbons (Fsp3) is 0.176. The van der Waals surface area contributed by atoms with Crippen molar-refractivity contribution in [2.24, 2.45) is 0 Å². The van der Waals surface area contributed by atoms with Gasteiger partial charge in [-0.15, -0.1) is 5.10 Å². The van der Waals surface area contributed by atoms with E-state index in [-0.39, 0.29) is 0 Å². The Labute approximate surface area is 134 Å². The molecule has 0 radical (unpaired) electrons. The van der Waals surface area contributed by atoms with Gasteiger partial charge in [-0.3, -0.25) is 0 Å². The van der Waals surface area contributed by atoms with E-state index in [1.807, 2.05) is 55.1 Å². The van der Waals surface area contributed by atoms with Crippen molar-refractivity contribution in [3.8, 4) is 11.8 Å². The number of anilines is 1. The zero-order valence-electron chi connectivity index (χ0n) is 13.0. The number of rotatable bonds is 4. The van der Waals surface area contributed by atoms with Crippen LogP contribution in [0.3, 0.4) is 0 Å². The lowest BCUT2D eigenvalue weighted by Gasteiger charge is -2.08. The predicted molar refractivity (Wildman–Crippen MR) is 87.1 cm³/mol. The first-order chi connectivity index (χ1) is 11.2. The fourth-order valence-corrected chi connectivity index (χ4v) is 2.23. The van der Waals surface area contributed by atoms with Crippen molar-refractivity contribution < 1.29 is 0 Å². The highest BCUT2D eigenvalue weighted by atomic mass is 15.3. The SMILES string of the molecule is Cc1nnc(NCc2cnn(-c3ccccc3)c2)c(C#N)c1C. The molecule has 2 heterocycles. The van der Waals surface area contributed by atoms with Crippen LogP contribution in [-0.4, -0.2) is 20.0 Å². The minimum absolute atomic E-state index is 0.503. The molecule has 0 bridgehead atoms. The molecular weight excluding hydrogens is 288 g/mol. The minimum atomic E-state index is 0.503. The molecule has 0 unspecified atom stereocenters. The summed E-state index contributed by atoms with van der Waals surface area (Å²) in [6.45, 7) is 4.25. The molecular formula is C17H16N6. The maximum Gasteiger partial charge on any atom is 0.167 e. The molecule has 6 nitrogen and oxygen atoms in total. The third kappa shape index (κ3) is 3.04. The molecule has 114 valence electrons. The Balaban J connectivity index is 1.77. The standard InChI is InChI=1S/C17H16N6/c1-12-13(2)21-22-17(16(12)8-18)19-9-14-10-20-23(11-14)15-6-4-3-5-7-15/h3-7,10-11H,9H2,1-2H3,(H,19,22). The van der Waals surface area contributed by atoms with Crippen molar-refractivity contribution in [1.29, 1.82) is 5.26 Å². The number of para-hydroxylation sites is 1. The molecule has 0 spiro atoms. The molecule has 0 aliphatic rings. The molecule has 0 saturated carbocycles. The predicted octanol–water partition coefficient (Wildman–Crippen LogP) is 2.76. The zero-order valence-corrected chi connectivity index (χ0v) is 13.0. The van der Waals surface area contributed by atoms with Crippen LogP contribution < -0.4 is 5.32 Å². The van der Waals surface area contributed by atoms with Gasteiger partial charge < -0.3 is 5.32 Å². The molecule has 0 atom stereocenters. The van der Waals surface area contributed by atoms with Gasteiger partial charge in [0, 0.05) is 18.3 Å². The van der Waals surface area contributed by atoms with E-state index in [1.54, 1.807) is 6.20 Å². The summed E-state index contributed by atoms with van der Waals surface area (Å²) in [7, 11) is 0. The van der Waals surface area contributed by atoms with Gasteiger partial charge in [-0.05, 0) is 31.5 Å². The highest BCUT2D eigenvalue weighted by molar-refractivity contribution is 5.55. The first-order valence-electron chi connectivity index (χ1n) is 7.26. The lowest BCUT2D eigenvalue weighted by atomic mass is 10.1. The summed E-state index contributed by atoms with van der Waals surface area (Å²) >= 11 is 0. The van der Waals surface area contributed by atoms with Crippen LogP contribution in [0.4, 0.5) is 5.82 Å². The van der Waals surface area contributed by atoms with E-state index in [1.165, 1.54) is 0 Å². The molecule has 3 rings (SSSR count). The number of nitrogens with one attached hydrogen (secondary N) is 1. The normalized spacial score (nSPS) is 10.3. The quantitative estimate of drug-likeness (QED) is 0.801. The van der Waals surface area contributed by atoms with Gasteiger partial charge in [0.1, 0.15) is 11.6 Å². The first kappa shape index (κ1) is 14.7. The number of benzene rings is 1. The van der Waals surface area contributed by atoms with E-state index in [2.05, 4.69) is 26.7 Å². The molecule has 2 aromatic heterocycles. The van der Waals surface area contributed by atoms with Crippen LogP contribution in [0, 0.1) is 25.2 Å². The second-order valence-electron chi connectivity index (χ2n) is 5.23. The van der Waals surface area contributed by atoms with Crippen LogP contribution >= 0.6 is 0 Å². The largest absolute Gasteiger partial charge is 0.363 e. The van der Waals surface area contributed by atoms with E-state index >= 15 is 0 Å². The lowest BCUT2D eigenvalue weighted by molar-refractivity contribution is 0.880. The number of hydrogen-bond donors (Lipinski definition) is 1. The molecule has 0 aliphatic carbocycles. The summed E-state index contributed by atoms with van der Waals surface area (Å²) < 4.78 is 1.81. The van der Waals surface area contributed by atoms with Crippen molar-refractivity contribution >= 4 is 5.82 Å². The Kier molecular flexibility index (Phi) is 4.02.